The molecule has 1 aromatic heterocycles. The molecule has 8 heavy (non-hydrogen) atoms. The van der Waals surface area contributed by atoms with Gasteiger partial charge >= 0.3 is 18.9 Å². The van der Waals surface area contributed by atoms with Crippen LogP contribution in [0.2, 0.25) is 0 Å². The number of hydrogen-bond donors (Lipinski definition) is 0. The molecule has 0 aliphatic carbocycles. The van der Waals surface area contributed by atoms with E-state index in [0.29, 0.717) is 0 Å². The first-order chi connectivity index (χ1) is 3.39. The van der Waals surface area contributed by atoms with Crippen molar-refractivity contribution in [1.82, 2.24) is 4.98 Å². The van der Waals surface area contributed by atoms with Gasteiger partial charge in [0.05, 0.1) is 0 Å². The van der Waals surface area contributed by atoms with Crippen molar-refractivity contribution in [2.24, 2.45) is 0 Å². The second kappa shape index (κ2) is 3.54. The number of aromatic nitrogens is 1. The fraction of sp³-hybridized carbons (Fsp3) is 0. The Morgan fingerprint density at radius 1 is 1.50 bits per heavy atom. The minimum atomic E-state index is -0.0394. The number of nitrogens with zero attached hydrogens (tertiary/aromatic N) is 1. The van der Waals surface area contributed by atoms with E-state index >= 15 is 0 Å². The summed E-state index contributed by atoms with van der Waals surface area (Å²) in [4.78, 5) is 3.57. The van der Waals surface area contributed by atoms with Crippen LogP contribution >= 0.6 is 0 Å². The van der Waals surface area contributed by atoms with Gasteiger partial charge in [-0.05, 0) is 6.07 Å². The molecule has 0 bridgehead atoms. The molecule has 0 atom stereocenters. The largest absolute Gasteiger partial charge is 1.00 e. The molecule has 0 N–H and O–H groups in total. The zero-order valence-corrected chi connectivity index (χ0v) is 4.66. The predicted molar refractivity (Wildman–Crippen MR) is 23.7 cm³/mol. The molecule has 3 heteroatoms. The van der Waals surface area contributed by atoms with Gasteiger partial charge in [0, 0.05) is 12.4 Å². The van der Waals surface area contributed by atoms with Crippen molar-refractivity contribution in [3.63, 3.8) is 0 Å². The van der Waals surface area contributed by atoms with Gasteiger partial charge in [-0.1, -0.05) is 11.8 Å². The van der Waals surface area contributed by atoms with Gasteiger partial charge in [-0.2, -0.15) is 0 Å². The molecule has 0 aliphatic rings. The summed E-state index contributed by atoms with van der Waals surface area (Å²) in [5.74, 6) is -0.0394. The molecule has 0 saturated heterocycles. The van der Waals surface area contributed by atoms with E-state index in [1.807, 2.05) is 0 Å². The van der Waals surface area contributed by atoms with Crippen LogP contribution in [0.4, 0.5) is 0 Å². The summed E-state index contributed by atoms with van der Waals surface area (Å²) < 4.78 is 0. The van der Waals surface area contributed by atoms with Crippen LogP contribution in [-0.4, -0.2) is 4.98 Å². The minimum absolute atomic E-state index is 0. The molecule has 0 aliphatic heterocycles. The Morgan fingerprint density at radius 2 is 2.25 bits per heavy atom. The summed E-state index contributed by atoms with van der Waals surface area (Å²) in [6.07, 6.45) is 2.85. The molecular weight excluding hydrogens is 97.0 g/mol. The van der Waals surface area contributed by atoms with E-state index < -0.39 is 0 Å². The van der Waals surface area contributed by atoms with E-state index in [1.54, 1.807) is 12.3 Å². The van der Waals surface area contributed by atoms with Crippen molar-refractivity contribution >= 4 is 0 Å². The summed E-state index contributed by atoms with van der Waals surface area (Å²) >= 11 is 0. The predicted octanol–water partition coefficient (Wildman–Crippen LogP) is -2.84. The van der Waals surface area contributed by atoms with E-state index in [4.69, 9.17) is 0 Å². The third kappa shape index (κ3) is 2.01. The molecule has 1 heterocycles. The summed E-state index contributed by atoms with van der Waals surface area (Å²) in [7, 11) is 0. The molecule has 0 aromatic carbocycles. The monoisotopic (exact) mass is 101 g/mol. The Balaban J connectivity index is 0.000000490. The molecule has 0 saturated carbocycles. The molecule has 2 nitrogen and oxygen atoms in total. The maximum Gasteiger partial charge on any atom is 1.00 e. The van der Waals surface area contributed by atoms with Crippen LogP contribution < -0.4 is 24.0 Å². The molecule has 0 fully saturated rings. The smallest absolute Gasteiger partial charge is 0.871 e. The zero-order valence-electron chi connectivity index (χ0n) is 4.66. The topological polar surface area (TPSA) is 36.0 Å². The van der Waals surface area contributed by atoms with Crippen LogP contribution in [0.5, 0.6) is 5.75 Å². The van der Waals surface area contributed by atoms with Gasteiger partial charge in [-0.3, -0.25) is 4.98 Å². The standard InChI is InChI=1S/C5H5NO.Li/c7-5-2-1-3-6-4-5;/h1-4,7H;/q;+1/p-1. The Bertz CT molecular complexity index is 142. The first-order valence-electron chi connectivity index (χ1n) is 1.96. The van der Waals surface area contributed by atoms with E-state index in [0.717, 1.165) is 0 Å². The van der Waals surface area contributed by atoms with Crippen LogP contribution in [0.1, 0.15) is 0 Å². The Labute approximate surface area is 59.7 Å². The van der Waals surface area contributed by atoms with Gasteiger partial charge in [0.2, 0.25) is 0 Å². The van der Waals surface area contributed by atoms with Crippen molar-refractivity contribution in [2.45, 2.75) is 0 Å². The second-order valence-electron chi connectivity index (χ2n) is 1.19. The van der Waals surface area contributed by atoms with Crippen molar-refractivity contribution in [3.05, 3.63) is 24.5 Å². The molecule has 0 amide bonds. The van der Waals surface area contributed by atoms with Crippen LogP contribution in [0, 0.1) is 0 Å². The third-order valence-electron chi connectivity index (χ3n) is 0.634. The molecule has 1 rings (SSSR count). The maximum absolute atomic E-state index is 10.2. The Morgan fingerprint density at radius 3 is 2.50 bits per heavy atom. The SMILES string of the molecule is [Li+].[O-]c1cccnc1. The van der Waals surface area contributed by atoms with Crippen molar-refractivity contribution in [3.8, 4) is 5.75 Å². The number of rotatable bonds is 0. The summed E-state index contributed by atoms with van der Waals surface area (Å²) in [5, 5.41) is 10.2. The second-order valence-corrected chi connectivity index (χ2v) is 1.19. The quantitative estimate of drug-likeness (QED) is 0.330. The van der Waals surface area contributed by atoms with Crippen LogP contribution in [0.25, 0.3) is 0 Å². The van der Waals surface area contributed by atoms with Gasteiger partial charge in [-0.25, -0.2) is 0 Å². The minimum Gasteiger partial charge on any atom is -0.871 e. The van der Waals surface area contributed by atoms with Crippen molar-refractivity contribution in [2.75, 3.05) is 0 Å². The van der Waals surface area contributed by atoms with Gasteiger partial charge < -0.3 is 5.11 Å². The van der Waals surface area contributed by atoms with Crippen molar-refractivity contribution < 1.29 is 24.0 Å². The van der Waals surface area contributed by atoms with Crippen LogP contribution in [0.3, 0.4) is 0 Å². The maximum atomic E-state index is 10.2. The van der Waals surface area contributed by atoms with E-state index in [1.165, 1.54) is 12.3 Å². The fourth-order valence-corrected chi connectivity index (χ4v) is 0.347. The normalized spacial score (nSPS) is 7.50. The van der Waals surface area contributed by atoms with Gasteiger partial charge in [-0.15, -0.1) is 0 Å². The average Bonchev–Trinajstić information content (AvgIpc) is 1.69. The third-order valence-corrected chi connectivity index (χ3v) is 0.634. The Hall–Kier alpha value is -0.453. The fourth-order valence-electron chi connectivity index (χ4n) is 0.347. The summed E-state index contributed by atoms with van der Waals surface area (Å²) in [5.41, 5.74) is 0. The first kappa shape index (κ1) is 7.55. The molecule has 0 spiro atoms. The van der Waals surface area contributed by atoms with E-state index in [9.17, 15) is 5.11 Å². The number of hydrogen-bond acceptors (Lipinski definition) is 2. The van der Waals surface area contributed by atoms with Crippen molar-refractivity contribution in [1.29, 1.82) is 0 Å². The van der Waals surface area contributed by atoms with E-state index in [-0.39, 0.29) is 24.6 Å². The van der Waals surface area contributed by atoms with Gasteiger partial charge in [0.15, 0.2) is 0 Å². The first-order valence-corrected chi connectivity index (χ1v) is 1.96. The number of pyridine rings is 1. The van der Waals surface area contributed by atoms with Crippen LogP contribution in [0.15, 0.2) is 24.5 Å². The molecule has 0 radical (unpaired) electrons. The van der Waals surface area contributed by atoms with Crippen LogP contribution in [-0.2, 0) is 0 Å². The van der Waals surface area contributed by atoms with Gasteiger partial charge in [0.1, 0.15) is 0 Å². The van der Waals surface area contributed by atoms with Gasteiger partial charge in [0.25, 0.3) is 0 Å². The summed E-state index contributed by atoms with van der Waals surface area (Å²) in [6, 6.07) is 3.08. The zero-order chi connectivity index (χ0) is 5.11. The molecule has 0 unspecified atom stereocenters. The summed E-state index contributed by atoms with van der Waals surface area (Å²) in [6.45, 7) is 0. The molecule has 1 aromatic rings. The Kier molecular flexibility index (Phi) is 3.34. The average molecular weight is 101 g/mol. The van der Waals surface area contributed by atoms with E-state index in [2.05, 4.69) is 4.98 Å². The molecular formula is C5H4LiNO. The molecule has 36 valence electrons.